The fraction of sp³-hybridized carbons (Fsp3) is 0.600. The van der Waals surface area contributed by atoms with E-state index in [0.29, 0.717) is 25.7 Å². The van der Waals surface area contributed by atoms with Crippen molar-refractivity contribution in [1.29, 1.82) is 0 Å². The minimum absolute atomic E-state index is 0.190. The van der Waals surface area contributed by atoms with Gasteiger partial charge in [-0.3, -0.25) is 0 Å². The molecule has 0 saturated carbocycles. The highest BCUT2D eigenvalue weighted by Crippen LogP contribution is 2.22. The maximum absolute atomic E-state index is 9.83. The Morgan fingerprint density at radius 2 is 1.89 bits per heavy atom. The van der Waals surface area contributed by atoms with Gasteiger partial charge in [-0.1, -0.05) is 48.0 Å². The van der Waals surface area contributed by atoms with Gasteiger partial charge in [0.1, 0.15) is 0 Å². The minimum Gasteiger partial charge on any atom is -0.389 e. The van der Waals surface area contributed by atoms with Crippen LogP contribution in [0, 0.1) is 5.92 Å². The zero-order valence-electron chi connectivity index (χ0n) is 11.9. The maximum Gasteiger partial charge on any atom is 0.0897 e. The topological polar surface area (TPSA) is 41.5 Å². The van der Waals surface area contributed by atoms with Crippen molar-refractivity contribution in [3.63, 3.8) is 0 Å². The number of benzene rings is 1. The summed E-state index contributed by atoms with van der Waals surface area (Å²) in [5.74, 6) is 0.499. The highest BCUT2D eigenvalue weighted by molar-refractivity contribution is 9.10. The Bertz CT molecular complexity index is 371. The molecule has 4 heteroatoms. The molecular weight excluding hydrogens is 306 g/mol. The van der Waals surface area contributed by atoms with Crippen LogP contribution in [0.25, 0.3) is 0 Å². The van der Waals surface area contributed by atoms with E-state index in [9.17, 15) is 5.11 Å². The summed E-state index contributed by atoms with van der Waals surface area (Å²) in [5.41, 5.74) is 1.19. The van der Waals surface area contributed by atoms with Crippen molar-refractivity contribution in [3.05, 3.63) is 34.3 Å². The third-order valence-corrected chi connectivity index (χ3v) is 3.51. The van der Waals surface area contributed by atoms with Crippen molar-refractivity contribution in [2.45, 2.75) is 32.9 Å². The van der Waals surface area contributed by atoms with E-state index < -0.39 is 6.10 Å². The SMILES string of the molecule is CC(C)COCC(O)CN[C@H](C)c1ccccc1Br. The number of ether oxygens (including phenoxy) is 1. The average Bonchev–Trinajstić information content (AvgIpc) is 2.36. The fourth-order valence-corrected chi connectivity index (χ4v) is 2.38. The van der Waals surface area contributed by atoms with Crippen molar-refractivity contribution in [2.75, 3.05) is 19.8 Å². The molecule has 0 fully saturated rings. The molecule has 0 aliphatic rings. The van der Waals surface area contributed by atoms with Crippen LogP contribution in [0.4, 0.5) is 0 Å². The van der Waals surface area contributed by atoms with Gasteiger partial charge < -0.3 is 15.2 Å². The minimum atomic E-state index is -0.469. The van der Waals surface area contributed by atoms with Crippen LogP contribution in [0.15, 0.2) is 28.7 Å². The standard InChI is InChI=1S/C15H24BrNO2/c1-11(2)9-19-10-13(18)8-17-12(3)14-6-4-5-7-15(14)16/h4-7,11-13,17-18H,8-10H2,1-3H3/t12-,13?/m1/s1. The largest absolute Gasteiger partial charge is 0.389 e. The summed E-state index contributed by atoms with van der Waals surface area (Å²) in [6.45, 7) is 7.88. The molecule has 1 rings (SSSR count). The van der Waals surface area contributed by atoms with Gasteiger partial charge in [-0.15, -0.1) is 0 Å². The first-order valence-corrected chi connectivity index (χ1v) is 7.53. The third-order valence-electron chi connectivity index (χ3n) is 2.79. The second-order valence-electron chi connectivity index (χ2n) is 5.24. The summed E-state index contributed by atoms with van der Waals surface area (Å²) in [5, 5.41) is 13.1. The molecule has 0 radical (unpaired) electrons. The Kier molecular flexibility index (Phi) is 7.61. The molecule has 3 nitrogen and oxygen atoms in total. The number of aliphatic hydroxyl groups excluding tert-OH is 1. The van der Waals surface area contributed by atoms with E-state index in [-0.39, 0.29) is 6.04 Å². The lowest BCUT2D eigenvalue weighted by atomic mass is 10.1. The number of hydrogen-bond acceptors (Lipinski definition) is 3. The number of halogens is 1. The molecule has 0 aliphatic heterocycles. The summed E-state index contributed by atoms with van der Waals surface area (Å²) in [7, 11) is 0. The first-order valence-electron chi connectivity index (χ1n) is 6.74. The van der Waals surface area contributed by atoms with E-state index in [1.54, 1.807) is 0 Å². The molecule has 0 amide bonds. The lowest BCUT2D eigenvalue weighted by Crippen LogP contribution is -2.32. The second kappa shape index (κ2) is 8.69. The van der Waals surface area contributed by atoms with E-state index in [0.717, 1.165) is 4.47 Å². The summed E-state index contributed by atoms with van der Waals surface area (Å²) in [6.07, 6.45) is -0.469. The van der Waals surface area contributed by atoms with Crippen molar-refractivity contribution < 1.29 is 9.84 Å². The smallest absolute Gasteiger partial charge is 0.0897 e. The molecule has 0 aliphatic carbocycles. The number of hydrogen-bond donors (Lipinski definition) is 2. The molecule has 0 heterocycles. The summed E-state index contributed by atoms with van der Waals surface area (Å²) in [6, 6.07) is 8.30. The molecule has 19 heavy (non-hydrogen) atoms. The van der Waals surface area contributed by atoms with Gasteiger partial charge in [0.05, 0.1) is 12.7 Å². The predicted octanol–water partition coefficient (Wildman–Crippen LogP) is 3.13. The van der Waals surface area contributed by atoms with E-state index in [2.05, 4.69) is 48.1 Å². The Balaban J connectivity index is 2.30. The van der Waals surface area contributed by atoms with E-state index >= 15 is 0 Å². The summed E-state index contributed by atoms with van der Waals surface area (Å²) < 4.78 is 6.50. The summed E-state index contributed by atoms with van der Waals surface area (Å²) >= 11 is 3.53. The molecule has 2 atom stereocenters. The molecule has 0 bridgehead atoms. The number of nitrogens with one attached hydrogen (secondary N) is 1. The molecule has 0 spiro atoms. The van der Waals surface area contributed by atoms with Crippen molar-refractivity contribution >= 4 is 15.9 Å². The van der Waals surface area contributed by atoms with Crippen LogP contribution in [-0.4, -0.2) is 31.0 Å². The van der Waals surface area contributed by atoms with Gasteiger partial charge in [-0.25, -0.2) is 0 Å². The normalized spacial score (nSPS) is 14.6. The Morgan fingerprint density at radius 3 is 2.53 bits per heavy atom. The zero-order chi connectivity index (χ0) is 14.3. The van der Waals surface area contributed by atoms with Crippen LogP contribution >= 0.6 is 15.9 Å². The number of aliphatic hydroxyl groups is 1. The molecular formula is C15H24BrNO2. The van der Waals surface area contributed by atoms with Crippen LogP contribution in [0.1, 0.15) is 32.4 Å². The molecule has 0 saturated heterocycles. The average molecular weight is 330 g/mol. The Morgan fingerprint density at radius 1 is 1.21 bits per heavy atom. The van der Waals surface area contributed by atoms with Gasteiger partial charge >= 0.3 is 0 Å². The zero-order valence-corrected chi connectivity index (χ0v) is 13.5. The molecule has 108 valence electrons. The van der Waals surface area contributed by atoms with Crippen molar-refractivity contribution in [3.8, 4) is 0 Å². The third kappa shape index (κ3) is 6.52. The predicted molar refractivity (Wildman–Crippen MR) is 82.2 cm³/mol. The van der Waals surface area contributed by atoms with Crippen LogP contribution in [0.3, 0.4) is 0 Å². The quantitative estimate of drug-likeness (QED) is 0.769. The summed E-state index contributed by atoms with van der Waals surface area (Å²) in [4.78, 5) is 0. The fourth-order valence-electron chi connectivity index (χ4n) is 1.75. The lowest BCUT2D eigenvalue weighted by molar-refractivity contribution is 0.0252. The van der Waals surface area contributed by atoms with Crippen molar-refractivity contribution in [1.82, 2.24) is 5.32 Å². The molecule has 1 unspecified atom stereocenters. The maximum atomic E-state index is 9.83. The van der Waals surface area contributed by atoms with Crippen LogP contribution in [-0.2, 0) is 4.74 Å². The van der Waals surface area contributed by atoms with Gasteiger partial charge in [-0.2, -0.15) is 0 Å². The van der Waals surface area contributed by atoms with Gasteiger partial charge in [-0.05, 0) is 24.5 Å². The van der Waals surface area contributed by atoms with E-state index in [1.165, 1.54) is 5.56 Å². The van der Waals surface area contributed by atoms with Gasteiger partial charge in [0.2, 0.25) is 0 Å². The van der Waals surface area contributed by atoms with Gasteiger partial charge in [0.25, 0.3) is 0 Å². The van der Waals surface area contributed by atoms with Crippen LogP contribution < -0.4 is 5.32 Å². The highest BCUT2D eigenvalue weighted by Gasteiger charge is 2.11. The lowest BCUT2D eigenvalue weighted by Gasteiger charge is -2.19. The van der Waals surface area contributed by atoms with Gasteiger partial charge in [0.15, 0.2) is 0 Å². The Hall–Kier alpha value is -0.420. The van der Waals surface area contributed by atoms with E-state index in [1.807, 2.05) is 18.2 Å². The first-order chi connectivity index (χ1) is 9.00. The molecule has 0 aromatic heterocycles. The monoisotopic (exact) mass is 329 g/mol. The first kappa shape index (κ1) is 16.6. The second-order valence-corrected chi connectivity index (χ2v) is 6.09. The van der Waals surface area contributed by atoms with Gasteiger partial charge in [0, 0.05) is 23.7 Å². The van der Waals surface area contributed by atoms with Crippen LogP contribution in [0.2, 0.25) is 0 Å². The highest BCUT2D eigenvalue weighted by atomic mass is 79.9. The number of rotatable bonds is 8. The van der Waals surface area contributed by atoms with E-state index in [4.69, 9.17) is 4.74 Å². The Labute approximate surface area is 124 Å². The molecule has 2 N–H and O–H groups in total. The molecule has 1 aromatic carbocycles. The molecule has 1 aromatic rings. The van der Waals surface area contributed by atoms with Crippen LogP contribution in [0.5, 0.6) is 0 Å². The van der Waals surface area contributed by atoms with Crippen molar-refractivity contribution in [2.24, 2.45) is 5.92 Å².